The van der Waals surface area contributed by atoms with Gasteiger partial charge in [-0.1, -0.05) is 24.3 Å². The van der Waals surface area contributed by atoms with Gasteiger partial charge < -0.3 is 45.9 Å². The van der Waals surface area contributed by atoms with Crippen LogP contribution in [-0.4, -0.2) is 0 Å². The number of anilines is 8. The third-order valence-corrected chi connectivity index (χ3v) is 4.95. The van der Waals surface area contributed by atoms with Gasteiger partial charge in [-0.3, -0.25) is 0 Å². The molecule has 0 bridgehead atoms. The van der Waals surface area contributed by atoms with Crippen molar-refractivity contribution in [2.45, 2.75) is 0 Å². The molecule has 0 spiro atoms. The summed E-state index contributed by atoms with van der Waals surface area (Å²) < 4.78 is 0. The summed E-state index contributed by atoms with van der Waals surface area (Å²) in [7, 11) is 0. The molecule has 4 aromatic carbocycles. The first-order valence-electron chi connectivity index (χ1n) is 9.76. The summed E-state index contributed by atoms with van der Waals surface area (Å²) in [4.78, 5) is 0. The summed E-state index contributed by atoms with van der Waals surface area (Å²) >= 11 is 0. The molecule has 8 heteroatoms. The van der Waals surface area contributed by atoms with Crippen molar-refractivity contribution in [1.29, 1.82) is 0 Å². The maximum absolute atomic E-state index is 5.89. The smallest absolute Gasteiger partial charge is 0.0554 e. The van der Waals surface area contributed by atoms with Crippen molar-refractivity contribution in [2.75, 3.05) is 45.9 Å². The molecule has 164 valence electrons. The minimum atomic E-state index is 0.563. The zero-order valence-corrected chi connectivity index (χ0v) is 17.5. The largest absolute Gasteiger partial charge is 0.399 e. The Bertz CT molecular complexity index is 1170. The predicted octanol–water partition coefficient (Wildman–Crippen LogP) is 3.36. The minimum absolute atomic E-state index is 0.563. The highest BCUT2D eigenvalue weighted by Crippen LogP contribution is 2.33. The van der Waals surface area contributed by atoms with E-state index in [1.54, 1.807) is 36.4 Å². The standard InChI is InChI=1S/2C12H14N4/c13-7-1-3-9(11(15)5-7)10-4-2-8(14)6-12(10)16;13-9-3-1-7(5-11(9)15)8-2-4-10(14)12(16)6-8/h2*1-6H,13-16H2. The van der Waals surface area contributed by atoms with Crippen LogP contribution in [0.1, 0.15) is 0 Å². The molecule has 16 N–H and O–H groups in total. The quantitative estimate of drug-likeness (QED) is 0.221. The van der Waals surface area contributed by atoms with Crippen LogP contribution in [0.3, 0.4) is 0 Å². The average molecular weight is 429 g/mol. The van der Waals surface area contributed by atoms with E-state index in [1.165, 1.54) is 0 Å². The van der Waals surface area contributed by atoms with Crippen LogP contribution in [0.2, 0.25) is 0 Å². The molecule has 0 amide bonds. The molecule has 0 aliphatic heterocycles. The number of nitrogens with two attached hydrogens (primary N) is 8. The van der Waals surface area contributed by atoms with Crippen molar-refractivity contribution in [1.82, 2.24) is 0 Å². The molecule has 0 radical (unpaired) electrons. The molecule has 0 unspecified atom stereocenters. The van der Waals surface area contributed by atoms with E-state index in [2.05, 4.69) is 0 Å². The van der Waals surface area contributed by atoms with Crippen LogP contribution < -0.4 is 45.9 Å². The second-order valence-corrected chi connectivity index (χ2v) is 7.38. The summed E-state index contributed by atoms with van der Waals surface area (Å²) in [6.45, 7) is 0. The normalized spacial score (nSPS) is 10.2. The highest BCUT2D eigenvalue weighted by Gasteiger charge is 2.07. The maximum Gasteiger partial charge on any atom is 0.0554 e. The van der Waals surface area contributed by atoms with Crippen LogP contribution in [0, 0.1) is 0 Å². The lowest BCUT2D eigenvalue weighted by atomic mass is 10.0. The van der Waals surface area contributed by atoms with E-state index in [-0.39, 0.29) is 0 Å². The van der Waals surface area contributed by atoms with Crippen molar-refractivity contribution in [3.8, 4) is 22.3 Å². The molecule has 0 saturated heterocycles. The Morgan fingerprint density at radius 2 is 0.688 bits per heavy atom. The van der Waals surface area contributed by atoms with E-state index in [4.69, 9.17) is 45.9 Å². The number of hydrogen-bond acceptors (Lipinski definition) is 8. The Kier molecular flexibility index (Phi) is 6.16. The zero-order valence-electron chi connectivity index (χ0n) is 17.5. The Hall–Kier alpha value is -4.72. The van der Waals surface area contributed by atoms with Gasteiger partial charge in [-0.05, 0) is 59.7 Å². The van der Waals surface area contributed by atoms with Gasteiger partial charge in [0.15, 0.2) is 0 Å². The Morgan fingerprint density at radius 1 is 0.312 bits per heavy atom. The molecule has 0 atom stereocenters. The van der Waals surface area contributed by atoms with Gasteiger partial charge in [0.25, 0.3) is 0 Å². The number of benzene rings is 4. The third kappa shape index (κ3) is 4.88. The van der Waals surface area contributed by atoms with Gasteiger partial charge in [-0.2, -0.15) is 0 Å². The molecule has 0 aliphatic rings. The lowest BCUT2D eigenvalue weighted by Crippen LogP contribution is -1.97. The van der Waals surface area contributed by atoms with Gasteiger partial charge in [-0.25, -0.2) is 0 Å². The van der Waals surface area contributed by atoms with Gasteiger partial charge >= 0.3 is 0 Å². The van der Waals surface area contributed by atoms with Crippen molar-refractivity contribution < 1.29 is 0 Å². The summed E-state index contributed by atoms with van der Waals surface area (Å²) in [5.74, 6) is 0. The molecular formula is C24H28N8. The Labute approximate surface area is 186 Å². The first-order chi connectivity index (χ1) is 15.2. The van der Waals surface area contributed by atoms with Gasteiger partial charge in [0.05, 0.1) is 22.7 Å². The summed E-state index contributed by atoms with van der Waals surface area (Å²) in [5, 5.41) is 0. The van der Waals surface area contributed by atoms with E-state index < -0.39 is 0 Å². The third-order valence-electron chi connectivity index (χ3n) is 4.95. The fourth-order valence-electron chi connectivity index (χ4n) is 3.16. The Morgan fingerprint density at radius 3 is 1.00 bits per heavy atom. The van der Waals surface area contributed by atoms with Crippen molar-refractivity contribution in [3.63, 3.8) is 0 Å². The molecule has 4 aromatic rings. The fraction of sp³-hybridized carbons (Fsp3) is 0. The predicted molar refractivity (Wildman–Crippen MR) is 139 cm³/mol. The second kappa shape index (κ2) is 8.97. The zero-order chi connectivity index (χ0) is 23.4. The van der Waals surface area contributed by atoms with E-state index >= 15 is 0 Å². The van der Waals surface area contributed by atoms with Crippen molar-refractivity contribution in [2.24, 2.45) is 0 Å². The topological polar surface area (TPSA) is 208 Å². The lowest BCUT2D eigenvalue weighted by molar-refractivity contribution is 1.59. The number of hydrogen-bond donors (Lipinski definition) is 8. The first kappa shape index (κ1) is 22.0. The van der Waals surface area contributed by atoms with Crippen LogP contribution in [-0.2, 0) is 0 Å². The van der Waals surface area contributed by atoms with E-state index in [0.717, 1.165) is 22.3 Å². The Balaban J connectivity index is 0.000000181. The number of nitrogen functional groups attached to an aromatic ring is 8. The second-order valence-electron chi connectivity index (χ2n) is 7.38. The molecule has 32 heavy (non-hydrogen) atoms. The van der Waals surface area contributed by atoms with Crippen LogP contribution >= 0.6 is 0 Å². The average Bonchev–Trinajstić information content (AvgIpc) is 2.73. The molecule has 0 aliphatic carbocycles. The van der Waals surface area contributed by atoms with Crippen LogP contribution in [0.4, 0.5) is 45.5 Å². The van der Waals surface area contributed by atoms with Crippen LogP contribution in [0.15, 0.2) is 72.8 Å². The van der Waals surface area contributed by atoms with Crippen molar-refractivity contribution in [3.05, 3.63) is 72.8 Å². The van der Waals surface area contributed by atoms with E-state index in [9.17, 15) is 0 Å². The van der Waals surface area contributed by atoms with E-state index in [0.29, 0.717) is 45.5 Å². The summed E-state index contributed by atoms with van der Waals surface area (Å²) in [6, 6.07) is 21.7. The summed E-state index contributed by atoms with van der Waals surface area (Å²) in [6.07, 6.45) is 0. The lowest BCUT2D eigenvalue weighted by Gasteiger charge is -2.10. The maximum atomic E-state index is 5.89. The van der Waals surface area contributed by atoms with E-state index in [1.807, 2.05) is 36.4 Å². The number of rotatable bonds is 2. The summed E-state index contributed by atoms with van der Waals surface area (Å²) in [5.41, 5.74) is 54.3. The van der Waals surface area contributed by atoms with Gasteiger partial charge in [0.1, 0.15) is 0 Å². The van der Waals surface area contributed by atoms with Gasteiger partial charge in [0, 0.05) is 33.9 Å². The van der Waals surface area contributed by atoms with Crippen LogP contribution in [0.5, 0.6) is 0 Å². The highest BCUT2D eigenvalue weighted by atomic mass is 14.7. The molecule has 0 saturated carbocycles. The monoisotopic (exact) mass is 428 g/mol. The van der Waals surface area contributed by atoms with Gasteiger partial charge in [0.2, 0.25) is 0 Å². The molecule has 8 nitrogen and oxygen atoms in total. The van der Waals surface area contributed by atoms with Crippen LogP contribution in [0.25, 0.3) is 22.3 Å². The molecular weight excluding hydrogens is 400 g/mol. The first-order valence-corrected chi connectivity index (χ1v) is 9.76. The van der Waals surface area contributed by atoms with Crippen molar-refractivity contribution >= 4 is 45.5 Å². The highest BCUT2D eigenvalue weighted by molar-refractivity contribution is 5.86. The molecule has 0 fully saturated rings. The fourth-order valence-corrected chi connectivity index (χ4v) is 3.16. The molecule has 0 heterocycles. The minimum Gasteiger partial charge on any atom is -0.399 e. The SMILES string of the molecule is Nc1ccc(-c2ccc(N)c(N)c2)cc1N.Nc1ccc(-c2ccc(N)cc2N)c(N)c1. The molecule has 0 aromatic heterocycles. The molecule has 4 rings (SSSR count). The van der Waals surface area contributed by atoms with Gasteiger partial charge in [-0.15, -0.1) is 0 Å².